The first kappa shape index (κ1) is 17.6. The van der Waals surface area contributed by atoms with Crippen LogP contribution in [-0.2, 0) is 13.5 Å². The summed E-state index contributed by atoms with van der Waals surface area (Å²) in [6.07, 6.45) is 4.26. The van der Waals surface area contributed by atoms with E-state index in [1.54, 1.807) is 6.92 Å². The maximum Gasteiger partial charge on any atom is 0.315 e. The maximum atomic E-state index is 11.8. The number of carbonyl (C=O) groups is 1. The highest BCUT2D eigenvalue weighted by Crippen LogP contribution is 2.06. The molecule has 5 heteroatoms. The summed E-state index contributed by atoms with van der Waals surface area (Å²) in [4.78, 5) is 11.8. The van der Waals surface area contributed by atoms with Crippen molar-refractivity contribution < 1.29 is 9.90 Å². The van der Waals surface area contributed by atoms with Gasteiger partial charge in [-0.3, -0.25) is 0 Å². The Balaban J connectivity index is 2.20. The highest BCUT2D eigenvalue weighted by atomic mass is 16.3. The lowest BCUT2D eigenvalue weighted by atomic mass is 10.1. The number of aliphatic hydroxyl groups excluding tert-OH is 1. The largest absolute Gasteiger partial charge is 0.393 e. The predicted octanol–water partition coefficient (Wildman–Crippen LogP) is 2.05. The second kappa shape index (κ2) is 8.72. The summed E-state index contributed by atoms with van der Waals surface area (Å²) in [7, 11) is 2.03. The Hall–Kier alpha value is -1.49. The van der Waals surface area contributed by atoms with Crippen molar-refractivity contribution in [3.8, 4) is 0 Å². The van der Waals surface area contributed by atoms with Crippen molar-refractivity contribution in [2.24, 2.45) is 13.0 Å². The van der Waals surface area contributed by atoms with Crippen LogP contribution in [0.4, 0.5) is 4.79 Å². The molecule has 0 radical (unpaired) electrons. The van der Waals surface area contributed by atoms with E-state index in [1.165, 1.54) is 5.69 Å². The second-order valence-corrected chi connectivity index (χ2v) is 6.09. The zero-order chi connectivity index (χ0) is 15.8. The minimum absolute atomic E-state index is 0.131. The lowest BCUT2D eigenvalue weighted by Gasteiger charge is -2.17. The molecule has 5 nitrogen and oxygen atoms in total. The van der Waals surface area contributed by atoms with Gasteiger partial charge in [-0.1, -0.05) is 6.92 Å². The van der Waals surface area contributed by atoms with E-state index >= 15 is 0 Å². The Morgan fingerprint density at radius 2 is 2.10 bits per heavy atom. The van der Waals surface area contributed by atoms with Crippen LogP contribution < -0.4 is 10.6 Å². The van der Waals surface area contributed by atoms with Crippen LogP contribution in [0.2, 0.25) is 0 Å². The van der Waals surface area contributed by atoms with Gasteiger partial charge in [0.05, 0.1) is 6.10 Å². The van der Waals surface area contributed by atoms with Gasteiger partial charge in [0.15, 0.2) is 0 Å². The molecule has 2 amide bonds. The highest BCUT2D eigenvalue weighted by Gasteiger charge is 2.10. The fourth-order valence-corrected chi connectivity index (χ4v) is 2.40. The van der Waals surface area contributed by atoms with Crippen LogP contribution in [0.15, 0.2) is 18.3 Å². The van der Waals surface area contributed by atoms with Gasteiger partial charge in [-0.2, -0.15) is 0 Å². The number of hydrogen-bond donors (Lipinski definition) is 3. The van der Waals surface area contributed by atoms with Gasteiger partial charge >= 0.3 is 6.03 Å². The van der Waals surface area contributed by atoms with E-state index in [1.807, 2.05) is 33.2 Å². The van der Waals surface area contributed by atoms with Crippen molar-refractivity contribution in [3.63, 3.8) is 0 Å². The third-order valence-electron chi connectivity index (χ3n) is 3.62. The first-order valence-corrected chi connectivity index (χ1v) is 7.71. The molecule has 0 saturated heterocycles. The highest BCUT2D eigenvalue weighted by molar-refractivity contribution is 5.74. The van der Waals surface area contributed by atoms with Crippen molar-refractivity contribution in [3.05, 3.63) is 24.0 Å². The number of urea groups is 1. The number of hydrogen-bond acceptors (Lipinski definition) is 2. The molecule has 0 aliphatic carbocycles. The molecular formula is C16H29N3O2. The van der Waals surface area contributed by atoms with Gasteiger partial charge in [-0.25, -0.2) is 4.79 Å². The van der Waals surface area contributed by atoms with E-state index in [0.29, 0.717) is 13.0 Å². The quantitative estimate of drug-likeness (QED) is 0.687. The lowest BCUT2D eigenvalue weighted by Crippen LogP contribution is -2.42. The Morgan fingerprint density at radius 1 is 1.38 bits per heavy atom. The van der Waals surface area contributed by atoms with Crippen molar-refractivity contribution in [2.45, 2.75) is 52.2 Å². The summed E-state index contributed by atoms with van der Waals surface area (Å²) < 4.78 is 2.10. The van der Waals surface area contributed by atoms with Gasteiger partial charge in [0.2, 0.25) is 0 Å². The molecular weight excluding hydrogens is 266 g/mol. The van der Waals surface area contributed by atoms with Gasteiger partial charge in [0.1, 0.15) is 0 Å². The summed E-state index contributed by atoms with van der Waals surface area (Å²) in [5.41, 5.74) is 1.27. The van der Waals surface area contributed by atoms with Gasteiger partial charge in [-0.05, 0) is 51.2 Å². The molecule has 1 heterocycles. The van der Waals surface area contributed by atoms with Crippen LogP contribution in [0.1, 0.15) is 39.3 Å². The molecule has 21 heavy (non-hydrogen) atoms. The molecule has 0 fully saturated rings. The molecule has 3 atom stereocenters. The number of rotatable bonds is 8. The topological polar surface area (TPSA) is 66.3 Å². The summed E-state index contributed by atoms with van der Waals surface area (Å²) in [5.74, 6) is 0.273. The van der Waals surface area contributed by atoms with E-state index in [4.69, 9.17) is 0 Å². The van der Waals surface area contributed by atoms with E-state index < -0.39 is 0 Å². The normalized spacial score (nSPS) is 15.3. The molecule has 0 saturated carbocycles. The minimum Gasteiger partial charge on any atom is -0.393 e. The van der Waals surface area contributed by atoms with Gasteiger partial charge in [0.25, 0.3) is 0 Å². The number of aromatic nitrogens is 1. The standard InChI is InChI=1S/C16H29N3O2/c1-12(10-14(3)20)11-17-16(21)18-13(2)7-8-15-6-5-9-19(15)4/h5-6,9,12-14,20H,7-8,10-11H2,1-4H3,(H2,17,18,21). The lowest BCUT2D eigenvalue weighted by molar-refractivity contribution is 0.163. The van der Waals surface area contributed by atoms with Crippen molar-refractivity contribution >= 4 is 6.03 Å². The molecule has 3 N–H and O–H groups in total. The van der Waals surface area contributed by atoms with E-state index in [2.05, 4.69) is 21.3 Å². The fourth-order valence-electron chi connectivity index (χ4n) is 2.40. The zero-order valence-corrected chi connectivity index (χ0v) is 13.6. The van der Waals surface area contributed by atoms with Gasteiger partial charge < -0.3 is 20.3 Å². The number of nitrogens with one attached hydrogen (secondary N) is 2. The first-order valence-electron chi connectivity index (χ1n) is 7.71. The predicted molar refractivity (Wildman–Crippen MR) is 85.2 cm³/mol. The van der Waals surface area contributed by atoms with Crippen LogP contribution in [-0.4, -0.2) is 34.4 Å². The number of aliphatic hydroxyl groups is 1. The van der Waals surface area contributed by atoms with Crippen LogP contribution in [0.5, 0.6) is 0 Å². The molecule has 0 bridgehead atoms. The summed E-state index contributed by atoms with van der Waals surface area (Å²) >= 11 is 0. The molecule has 1 aromatic rings. The van der Waals surface area contributed by atoms with Crippen LogP contribution in [0, 0.1) is 5.92 Å². The number of nitrogens with zero attached hydrogens (tertiary/aromatic N) is 1. The van der Waals surface area contributed by atoms with Crippen molar-refractivity contribution in [2.75, 3.05) is 6.54 Å². The summed E-state index contributed by atoms with van der Waals surface area (Å²) in [5, 5.41) is 15.1. The average molecular weight is 295 g/mol. The second-order valence-electron chi connectivity index (χ2n) is 6.09. The van der Waals surface area contributed by atoms with E-state index in [-0.39, 0.29) is 24.1 Å². The Kier molecular flexibility index (Phi) is 7.29. The van der Waals surface area contributed by atoms with Crippen LogP contribution in [0.3, 0.4) is 0 Å². The number of amides is 2. The van der Waals surface area contributed by atoms with Crippen LogP contribution >= 0.6 is 0 Å². The van der Waals surface area contributed by atoms with E-state index in [0.717, 1.165) is 12.8 Å². The fraction of sp³-hybridized carbons (Fsp3) is 0.688. The van der Waals surface area contributed by atoms with Crippen molar-refractivity contribution in [1.82, 2.24) is 15.2 Å². The van der Waals surface area contributed by atoms with Crippen molar-refractivity contribution in [1.29, 1.82) is 0 Å². The van der Waals surface area contributed by atoms with Gasteiger partial charge in [-0.15, -0.1) is 0 Å². The Morgan fingerprint density at radius 3 is 2.67 bits per heavy atom. The summed E-state index contributed by atoms with van der Waals surface area (Å²) in [6.45, 7) is 6.39. The molecule has 0 aliphatic heterocycles. The molecule has 0 spiro atoms. The molecule has 0 aliphatic rings. The monoisotopic (exact) mass is 295 g/mol. The molecule has 3 unspecified atom stereocenters. The van der Waals surface area contributed by atoms with Gasteiger partial charge in [0, 0.05) is 31.5 Å². The number of aryl methyl sites for hydroxylation is 2. The SMILES string of the molecule is CC(O)CC(C)CNC(=O)NC(C)CCc1cccn1C. The van der Waals surface area contributed by atoms with E-state index in [9.17, 15) is 9.90 Å². The molecule has 1 aromatic heterocycles. The molecule has 120 valence electrons. The van der Waals surface area contributed by atoms with Crippen LogP contribution in [0.25, 0.3) is 0 Å². The third-order valence-corrected chi connectivity index (χ3v) is 3.62. The smallest absolute Gasteiger partial charge is 0.315 e. The average Bonchev–Trinajstić information content (AvgIpc) is 2.79. The first-order chi connectivity index (χ1) is 9.88. The minimum atomic E-state index is -0.325. The maximum absolute atomic E-state index is 11.8. The molecule has 0 aromatic carbocycles. The zero-order valence-electron chi connectivity index (χ0n) is 13.6. The molecule has 1 rings (SSSR count). The summed E-state index contributed by atoms with van der Waals surface area (Å²) in [6, 6.07) is 4.13. The Bertz CT molecular complexity index is 429. The third kappa shape index (κ3) is 7.18. The number of carbonyl (C=O) groups excluding carboxylic acids is 1. The Labute approximate surface area is 127 Å².